The lowest BCUT2D eigenvalue weighted by molar-refractivity contribution is -0.153. The lowest BCUT2D eigenvalue weighted by Gasteiger charge is -2.27. The van der Waals surface area contributed by atoms with E-state index in [0.29, 0.717) is 51.4 Å². The average Bonchev–Trinajstić information content (AvgIpc) is 3.59. The van der Waals surface area contributed by atoms with Crippen molar-refractivity contribution >= 4 is 71.6 Å². The molecule has 5 rings (SSSR count). The molecule has 2 aromatic carbocycles. The molecule has 3 aliphatic rings. The summed E-state index contributed by atoms with van der Waals surface area (Å²) in [6, 6.07) is 7.85. The van der Waals surface area contributed by atoms with Gasteiger partial charge in [-0.1, -0.05) is 13.2 Å². The van der Waals surface area contributed by atoms with Crippen LogP contribution < -0.4 is 18.9 Å². The number of carbonyl (C=O) groups excluding carboxylic acids is 12. The molecule has 3 aliphatic carbocycles. The average molecular weight is 1150 g/mol. The molecule has 24 heteroatoms. The van der Waals surface area contributed by atoms with Crippen molar-refractivity contribution in [2.24, 2.45) is 35.5 Å². The summed E-state index contributed by atoms with van der Waals surface area (Å²) in [6.07, 6.45) is 5.99. The highest BCUT2D eigenvalue weighted by Crippen LogP contribution is 2.36. The van der Waals surface area contributed by atoms with Crippen LogP contribution in [-0.2, 0) is 85.8 Å². The van der Waals surface area contributed by atoms with Gasteiger partial charge < -0.3 is 56.8 Å². The van der Waals surface area contributed by atoms with Crippen LogP contribution in [0.1, 0.15) is 123 Å². The van der Waals surface area contributed by atoms with Crippen LogP contribution in [0.4, 0.5) is 0 Å². The lowest BCUT2D eigenvalue weighted by Crippen LogP contribution is -2.31. The predicted molar refractivity (Wildman–Crippen MR) is 279 cm³/mol. The fourth-order valence-electron chi connectivity index (χ4n) is 9.17. The number of hydrogen-bond donors (Lipinski definition) is 0. The van der Waals surface area contributed by atoms with Gasteiger partial charge in [0.1, 0.15) is 60.6 Å². The summed E-state index contributed by atoms with van der Waals surface area (Å²) >= 11 is 0. The number of rotatable bonds is 28. The summed E-state index contributed by atoms with van der Waals surface area (Å²) in [7, 11) is 2.27. The second-order valence-corrected chi connectivity index (χ2v) is 19.5. The minimum Gasteiger partial charge on any atom is -0.465 e. The first-order valence-electron chi connectivity index (χ1n) is 26.9. The van der Waals surface area contributed by atoms with E-state index in [9.17, 15) is 57.5 Å². The highest BCUT2D eigenvalue weighted by Gasteiger charge is 2.35. The standard InChI is InChI=1S/C58H68O24/c1-5-47(59)73-27-29-75-49(61)23-25-51(63)77-33-35-7-11-37(12-8-35)53(65)79-41-19-21-45(43(31-41)57(69)71-3)81-55(67)39-15-17-40(18-16-39)56(68)82-46-22-20-42(32-44(46)58(70)72-4)80-54(66)38-13-9-36(10-14-38)34-78-52(64)26-24-50(62)76-30-28-74-48(60)6-2/h5-6,19-22,31-32,35-40H,1-2,7-18,23-30,33-34H2,3-4H3. The largest absolute Gasteiger partial charge is 0.465 e. The fourth-order valence-corrected chi connectivity index (χ4v) is 9.17. The number of ether oxygens (including phenoxy) is 12. The molecule has 0 bridgehead atoms. The van der Waals surface area contributed by atoms with Crippen molar-refractivity contribution in [3.8, 4) is 23.0 Å². The quantitative estimate of drug-likeness (QED) is 0.0301. The Morgan fingerprint density at radius 3 is 1.01 bits per heavy atom. The van der Waals surface area contributed by atoms with Gasteiger partial charge in [-0.25, -0.2) is 19.2 Å². The van der Waals surface area contributed by atoms with E-state index in [0.717, 1.165) is 26.4 Å². The van der Waals surface area contributed by atoms with E-state index < -0.39 is 95.3 Å². The Bertz CT molecular complexity index is 2470. The van der Waals surface area contributed by atoms with Gasteiger partial charge in [-0.15, -0.1) is 0 Å². The highest BCUT2D eigenvalue weighted by atomic mass is 16.6. The maximum atomic E-state index is 13.5. The molecule has 0 radical (unpaired) electrons. The van der Waals surface area contributed by atoms with Crippen molar-refractivity contribution in [1.82, 2.24) is 0 Å². The Kier molecular flexibility index (Phi) is 26.2. The van der Waals surface area contributed by atoms with Crippen LogP contribution in [0.2, 0.25) is 0 Å². The summed E-state index contributed by atoms with van der Waals surface area (Å²) in [5.41, 5.74) is -0.342. The number of esters is 12. The molecule has 2 aromatic rings. The molecular weight excluding hydrogens is 1080 g/mol. The fraction of sp³-hybridized carbons (Fsp3) is 0.517. The van der Waals surface area contributed by atoms with Crippen LogP contribution in [-0.4, -0.2) is 125 Å². The van der Waals surface area contributed by atoms with E-state index in [-0.39, 0.29) is 137 Å². The maximum absolute atomic E-state index is 13.5. The van der Waals surface area contributed by atoms with Gasteiger partial charge in [0.25, 0.3) is 0 Å². The minimum absolute atomic E-state index is 0.0130. The number of carbonyl (C=O) groups is 12. The van der Waals surface area contributed by atoms with Crippen LogP contribution in [0, 0.1) is 35.5 Å². The zero-order valence-electron chi connectivity index (χ0n) is 45.9. The molecular formula is C58H68O24. The topological polar surface area (TPSA) is 316 Å². The third kappa shape index (κ3) is 21.2. The van der Waals surface area contributed by atoms with Gasteiger partial charge in [0.05, 0.1) is 76.8 Å². The third-order valence-corrected chi connectivity index (χ3v) is 13.9. The molecule has 0 heterocycles. The Balaban J connectivity index is 1.01. The normalized spacial score (nSPS) is 19.2. The minimum atomic E-state index is -0.859. The van der Waals surface area contributed by atoms with Crippen LogP contribution in [0.3, 0.4) is 0 Å². The SMILES string of the molecule is C=CC(=O)OCCOC(=O)CCC(=O)OCC1CCC(C(=O)Oc2ccc(OC(=O)C3CCC(C(=O)Oc4ccc(OC(=O)C5CCC(COC(=O)CCC(=O)OCCOC(=O)C=C)CC5)cc4C(=O)OC)CC3)c(C(=O)OC)c2)CC1. The van der Waals surface area contributed by atoms with Gasteiger partial charge in [0.2, 0.25) is 0 Å². The van der Waals surface area contributed by atoms with Crippen molar-refractivity contribution in [3.05, 3.63) is 72.8 Å². The van der Waals surface area contributed by atoms with Crippen LogP contribution >= 0.6 is 0 Å². The molecule has 3 fully saturated rings. The Labute approximate surface area is 472 Å². The van der Waals surface area contributed by atoms with E-state index >= 15 is 0 Å². The third-order valence-electron chi connectivity index (χ3n) is 13.9. The van der Waals surface area contributed by atoms with E-state index in [4.69, 9.17) is 56.8 Å². The van der Waals surface area contributed by atoms with E-state index in [1.807, 2.05) is 0 Å². The summed E-state index contributed by atoms with van der Waals surface area (Å²) in [5.74, 6) is -10.5. The van der Waals surface area contributed by atoms with Crippen molar-refractivity contribution in [3.63, 3.8) is 0 Å². The van der Waals surface area contributed by atoms with Crippen LogP contribution in [0.15, 0.2) is 61.7 Å². The molecule has 444 valence electrons. The molecule has 0 saturated heterocycles. The van der Waals surface area contributed by atoms with Gasteiger partial charge in [0, 0.05) is 12.2 Å². The lowest BCUT2D eigenvalue weighted by atomic mass is 9.82. The van der Waals surface area contributed by atoms with Crippen LogP contribution in [0.25, 0.3) is 0 Å². The number of hydrogen-bond acceptors (Lipinski definition) is 24. The van der Waals surface area contributed by atoms with Crippen molar-refractivity contribution in [2.45, 2.75) is 103 Å². The summed E-state index contributed by atoms with van der Waals surface area (Å²) < 4.78 is 62.3. The van der Waals surface area contributed by atoms with Gasteiger partial charge in [-0.05, 0) is 125 Å². The predicted octanol–water partition coefficient (Wildman–Crippen LogP) is 6.19. The second kappa shape index (κ2) is 33.3. The number of benzene rings is 2. The summed E-state index contributed by atoms with van der Waals surface area (Å²) in [5, 5.41) is 0. The smallest absolute Gasteiger partial charge is 0.341 e. The Morgan fingerprint density at radius 2 is 0.695 bits per heavy atom. The first kappa shape index (κ1) is 64.4. The number of methoxy groups -OCH3 is 2. The summed E-state index contributed by atoms with van der Waals surface area (Å²) in [4.78, 5) is 149. The van der Waals surface area contributed by atoms with Crippen molar-refractivity contribution in [1.29, 1.82) is 0 Å². The Hall–Kier alpha value is -8.44. The first-order valence-corrected chi connectivity index (χ1v) is 26.9. The van der Waals surface area contributed by atoms with Gasteiger partial charge >= 0.3 is 71.6 Å². The molecule has 3 saturated carbocycles. The molecule has 0 aromatic heterocycles. The van der Waals surface area contributed by atoms with Crippen molar-refractivity contribution < 1.29 is 114 Å². The monoisotopic (exact) mass is 1150 g/mol. The van der Waals surface area contributed by atoms with E-state index in [1.165, 1.54) is 36.4 Å². The van der Waals surface area contributed by atoms with Gasteiger partial charge in [-0.3, -0.25) is 38.4 Å². The molecule has 82 heavy (non-hydrogen) atoms. The van der Waals surface area contributed by atoms with Gasteiger partial charge in [-0.2, -0.15) is 0 Å². The Morgan fingerprint density at radius 1 is 0.402 bits per heavy atom. The zero-order chi connectivity index (χ0) is 59.6. The van der Waals surface area contributed by atoms with Crippen LogP contribution in [0.5, 0.6) is 23.0 Å². The molecule has 24 nitrogen and oxygen atoms in total. The molecule has 0 atom stereocenters. The van der Waals surface area contributed by atoms with Gasteiger partial charge in [0.15, 0.2) is 0 Å². The molecule has 0 aliphatic heterocycles. The summed E-state index contributed by atoms with van der Waals surface area (Å²) in [6.45, 7) is 6.12. The first-order chi connectivity index (χ1) is 39.4. The zero-order valence-corrected chi connectivity index (χ0v) is 45.9. The van der Waals surface area contributed by atoms with E-state index in [1.54, 1.807) is 0 Å². The molecule has 0 unspecified atom stereocenters. The second-order valence-electron chi connectivity index (χ2n) is 19.5. The molecule has 0 spiro atoms. The highest BCUT2D eigenvalue weighted by molar-refractivity contribution is 5.95. The molecule has 0 amide bonds. The molecule has 0 N–H and O–H groups in total. The van der Waals surface area contributed by atoms with E-state index in [2.05, 4.69) is 13.2 Å². The van der Waals surface area contributed by atoms with Crippen molar-refractivity contribution in [2.75, 3.05) is 53.9 Å². The maximum Gasteiger partial charge on any atom is 0.341 e.